The third kappa shape index (κ3) is 4.26. The van der Waals surface area contributed by atoms with Crippen molar-refractivity contribution in [3.63, 3.8) is 0 Å². The molecule has 178 valence electrons. The normalized spacial score (nSPS) is 12.4. The van der Waals surface area contributed by atoms with Crippen LogP contribution < -0.4 is 15.9 Å². The van der Waals surface area contributed by atoms with E-state index in [9.17, 15) is 19.3 Å². The molecule has 0 radical (unpaired) electrons. The van der Waals surface area contributed by atoms with E-state index in [1.165, 1.54) is 7.11 Å². The van der Waals surface area contributed by atoms with Crippen LogP contribution in [0.2, 0.25) is 0 Å². The predicted molar refractivity (Wildman–Crippen MR) is 142 cm³/mol. The predicted octanol–water partition coefficient (Wildman–Crippen LogP) is 5.86. The summed E-state index contributed by atoms with van der Waals surface area (Å²) in [6, 6.07) is 30.8. The molecule has 8 heteroatoms. The Morgan fingerprint density at radius 1 is 0.886 bits per heavy atom. The van der Waals surface area contributed by atoms with Crippen molar-refractivity contribution in [2.45, 2.75) is 6.16 Å². The van der Waals surface area contributed by atoms with Gasteiger partial charge in [-0.2, -0.15) is 0 Å². The van der Waals surface area contributed by atoms with Gasteiger partial charge in [-0.15, -0.1) is 0 Å². The first kappa shape index (κ1) is 24.7. The number of hydrogen-bond donors (Lipinski definition) is 0. The monoisotopic (exact) mass is 553 g/mol. The fourth-order valence-corrected chi connectivity index (χ4v) is 12.1. The zero-order chi connectivity index (χ0) is 25.1. The van der Waals surface area contributed by atoms with Crippen molar-refractivity contribution in [1.29, 1.82) is 0 Å². The molecule has 5 nitrogen and oxygen atoms in total. The Labute approximate surface area is 210 Å². The van der Waals surface area contributed by atoms with Crippen molar-refractivity contribution in [1.82, 2.24) is 0 Å². The number of nitro benzene ring substituents is 1. The molecule has 4 aromatic rings. The van der Waals surface area contributed by atoms with Gasteiger partial charge in [0.2, 0.25) is 0 Å². The molecule has 0 aliphatic carbocycles. The number of halogens is 2. The van der Waals surface area contributed by atoms with Gasteiger partial charge >= 0.3 is 211 Å². The molecule has 0 aromatic heterocycles. The Kier molecular flexibility index (Phi) is 6.84. The molecule has 0 fully saturated rings. The van der Waals surface area contributed by atoms with Gasteiger partial charge in [-0.1, -0.05) is 0 Å². The maximum absolute atomic E-state index is 14.4. The zero-order valence-corrected chi connectivity index (χ0v) is 21.3. The molecule has 35 heavy (non-hydrogen) atoms. The van der Waals surface area contributed by atoms with Gasteiger partial charge in [-0.05, 0) is 0 Å². The van der Waals surface area contributed by atoms with E-state index in [-0.39, 0.29) is 17.3 Å². The second-order valence-electron chi connectivity index (χ2n) is 8.05. The van der Waals surface area contributed by atoms with Crippen LogP contribution in [0.25, 0.3) is 0 Å². The third-order valence-corrected chi connectivity index (χ3v) is 15.6. The third-order valence-electron chi connectivity index (χ3n) is 6.13. The van der Waals surface area contributed by atoms with E-state index in [2.05, 4.69) is 15.5 Å². The van der Waals surface area contributed by atoms with E-state index in [1.807, 2.05) is 91.0 Å². The molecule has 0 saturated carbocycles. The summed E-state index contributed by atoms with van der Waals surface area (Å²) in [4.78, 5) is 24.2. The molecule has 0 bridgehead atoms. The second kappa shape index (κ2) is 9.68. The number of hydrogen-bond acceptors (Lipinski definition) is 4. The van der Waals surface area contributed by atoms with E-state index >= 15 is 0 Å². The molecule has 0 amide bonds. The Balaban J connectivity index is 2.18. The Bertz CT molecular complexity index is 1290. The van der Waals surface area contributed by atoms with Gasteiger partial charge in [-0.25, -0.2) is 0 Å². The number of nitrogens with zero attached hydrogens (tertiary/aromatic N) is 1. The van der Waals surface area contributed by atoms with Gasteiger partial charge in [0.05, 0.1) is 0 Å². The molecule has 0 aliphatic rings. The van der Waals surface area contributed by atoms with Crippen molar-refractivity contribution in [3.05, 3.63) is 130 Å². The topological polar surface area (TPSA) is 69.4 Å². The van der Waals surface area contributed by atoms with Crippen LogP contribution in [0.5, 0.6) is 0 Å². The van der Waals surface area contributed by atoms with Gasteiger partial charge in [0.15, 0.2) is 0 Å². The Morgan fingerprint density at radius 3 is 1.69 bits per heavy atom. The fraction of sp³-hybridized carbons (Fsp3) is 0.0741. The van der Waals surface area contributed by atoms with Gasteiger partial charge in [0.25, 0.3) is 0 Å². The first-order valence-corrected chi connectivity index (χ1v) is 15.2. The molecular weight excluding hydrogens is 532 g/mol. The first-order chi connectivity index (χ1) is 16.8. The standard InChI is InChI=1S/C27H22BrFNO4P/c1-34-27(31)24-17-20(29)18-26(30(32)33)25(24)19-35(28,21-11-5-2-6-12-21,22-13-7-3-8-14-22)23-15-9-4-10-16-23/h2-18H,19H2,1H3. The van der Waals surface area contributed by atoms with Crippen LogP contribution in [0.15, 0.2) is 103 Å². The summed E-state index contributed by atoms with van der Waals surface area (Å²) in [5.74, 6) is -1.72. The van der Waals surface area contributed by atoms with Crippen LogP contribution >= 0.6 is 20.8 Å². The first-order valence-electron chi connectivity index (χ1n) is 10.7. The van der Waals surface area contributed by atoms with Gasteiger partial charge in [0.1, 0.15) is 0 Å². The number of carbonyl (C=O) groups excluding carboxylic acids is 1. The van der Waals surface area contributed by atoms with Crippen molar-refractivity contribution in [2.75, 3.05) is 7.11 Å². The van der Waals surface area contributed by atoms with E-state index < -0.39 is 27.7 Å². The number of esters is 1. The number of ether oxygens (including phenoxy) is 1. The van der Waals surface area contributed by atoms with Crippen molar-refractivity contribution in [2.24, 2.45) is 0 Å². The minimum atomic E-state index is -3.70. The van der Waals surface area contributed by atoms with E-state index in [0.717, 1.165) is 28.0 Å². The number of methoxy groups -OCH3 is 1. The van der Waals surface area contributed by atoms with Crippen molar-refractivity contribution < 1.29 is 18.8 Å². The molecule has 4 aromatic carbocycles. The van der Waals surface area contributed by atoms with Crippen LogP contribution in [-0.2, 0) is 10.9 Å². The Morgan fingerprint density at radius 2 is 1.31 bits per heavy atom. The summed E-state index contributed by atoms with van der Waals surface area (Å²) in [6.07, 6.45) is 0.0463. The molecule has 0 heterocycles. The SMILES string of the molecule is COC(=O)c1cc(F)cc([N+](=O)[O-])c1CP(Br)(c1ccccc1)(c1ccccc1)c1ccccc1. The number of nitro groups is 1. The molecule has 0 spiro atoms. The Hall–Kier alpha value is -3.41. The summed E-state index contributed by atoms with van der Waals surface area (Å²) in [7, 11) is 1.17. The molecule has 0 N–H and O–H groups in total. The summed E-state index contributed by atoms with van der Waals surface area (Å²) in [6.45, 7) is 0. The maximum atomic E-state index is 14.4. The number of carbonyl (C=O) groups is 1. The van der Waals surface area contributed by atoms with Gasteiger partial charge < -0.3 is 0 Å². The zero-order valence-electron chi connectivity index (χ0n) is 18.8. The molecule has 0 aliphatic heterocycles. The summed E-state index contributed by atoms with van der Waals surface area (Å²) < 4.78 is 19.4. The molecule has 0 unspecified atom stereocenters. The van der Waals surface area contributed by atoms with Crippen LogP contribution in [-0.4, -0.2) is 18.0 Å². The average molecular weight is 554 g/mol. The van der Waals surface area contributed by atoms with E-state index in [4.69, 9.17) is 4.74 Å². The molecular formula is C27H22BrFNO4P. The van der Waals surface area contributed by atoms with E-state index in [1.54, 1.807) is 0 Å². The molecule has 4 rings (SSSR count). The summed E-state index contributed by atoms with van der Waals surface area (Å²) >= 11 is 4.22. The average Bonchev–Trinajstić information content (AvgIpc) is 2.90. The van der Waals surface area contributed by atoms with Crippen LogP contribution in [0, 0.1) is 15.9 Å². The summed E-state index contributed by atoms with van der Waals surface area (Å²) in [5.41, 5.74) is -0.536. The number of rotatable bonds is 7. The van der Waals surface area contributed by atoms with Crippen LogP contribution in [0.3, 0.4) is 0 Å². The van der Waals surface area contributed by atoms with Crippen molar-refractivity contribution in [3.8, 4) is 0 Å². The fourth-order valence-electron chi connectivity index (χ4n) is 4.48. The number of benzene rings is 4. The van der Waals surface area contributed by atoms with E-state index in [0.29, 0.717) is 0 Å². The van der Waals surface area contributed by atoms with Crippen LogP contribution in [0.1, 0.15) is 15.9 Å². The second-order valence-corrected chi connectivity index (χ2v) is 17.0. The quantitative estimate of drug-likeness (QED) is 0.124. The van der Waals surface area contributed by atoms with Gasteiger partial charge in [0, 0.05) is 0 Å². The van der Waals surface area contributed by atoms with Gasteiger partial charge in [-0.3, -0.25) is 0 Å². The van der Waals surface area contributed by atoms with Crippen molar-refractivity contribution >= 4 is 48.4 Å². The molecule has 0 atom stereocenters. The molecule has 0 saturated heterocycles. The van der Waals surface area contributed by atoms with Crippen LogP contribution in [0.4, 0.5) is 10.1 Å². The minimum absolute atomic E-state index is 0.0463. The summed E-state index contributed by atoms with van der Waals surface area (Å²) in [5, 5.41) is 11.1.